The van der Waals surface area contributed by atoms with Crippen LogP contribution in [0.2, 0.25) is 0 Å². The fourth-order valence-electron chi connectivity index (χ4n) is 5.65. The van der Waals surface area contributed by atoms with Gasteiger partial charge in [0.15, 0.2) is 0 Å². The highest BCUT2D eigenvalue weighted by Gasteiger charge is 2.09. The number of carbonyl (C=O) groups excluding carboxylic acids is 2. The van der Waals surface area contributed by atoms with Crippen molar-refractivity contribution in [3.63, 3.8) is 0 Å². The number of esters is 2. The number of hydrogen-bond donors (Lipinski definition) is 0. The number of ether oxygens (including phenoxy) is 2. The summed E-state index contributed by atoms with van der Waals surface area (Å²) >= 11 is 0. The first kappa shape index (κ1) is 41.7. The van der Waals surface area contributed by atoms with E-state index in [1.54, 1.807) is 24.3 Å². The maximum absolute atomic E-state index is 12.3. The Morgan fingerprint density at radius 2 is 0.761 bits per heavy atom. The van der Waals surface area contributed by atoms with Crippen LogP contribution in [0, 0.1) is 0 Å². The minimum atomic E-state index is -0.227. The Morgan fingerprint density at radius 1 is 0.457 bits per heavy atom. The smallest absolute Gasteiger partial charge is 0.311 e. The highest BCUT2D eigenvalue weighted by atomic mass is 16.5. The van der Waals surface area contributed by atoms with E-state index in [-0.39, 0.29) is 11.9 Å². The first-order chi connectivity index (χ1) is 22.7. The molecule has 0 fully saturated rings. The minimum absolute atomic E-state index is 0.227. The van der Waals surface area contributed by atoms with Crippen molar-refractivity contribution < 1.29 is 19.1 Å². The lowest BCUT2D eigenvalue weighted by molar-refractivity contribution is -0.135. The van der Waals surface area contributed by atoms with E-state index in [9.17, 15) is 9.59 Å². The van der Waals surface area contributed by atoms with E-state index < -0.39 is 0 Å². The zero-order chi connectivity index (χ0) is 33.2. The second-order valence-corrected chi connectivity index (χ2v) is 13.1. The summed E-state index contributed by atoms with van der Waals surface area (Å²) in [4.78, 5) is 24.6. The van der Waals surface area contributed by atoms with Crippen LogP contribution in [0.4, 0.5) is 0 Å². The molecule has 0 aliphatic rings. The maximum atomic E-state index is 12.3. The highest BCUT2D eigenvalue weighted by Crippen LogP contribution is 2.21. The number of benzene rings is 1. The average Bonchev–Trinajstić information content (AvgIpc) is 3.05. The van der Waals surface area contributed by atoms with Crippen LogP contribution in [0.25, 0.3) is 0 Å². The van der Waals surface area contributed by atoms with Crippen LogP contribution < -0.4 is 9.47 Å². The SMILES string of the molecule is CCCCCCCCC=CCCCCCCCC(=O)Oc1cccc(OC(=O)CCCCCCCC=CCCCCCCCC)c1. The van der Waals surface area contributed by atoms with E-state index in [0.29, 0.717) is 24.3 Å². The molecule has 0 radical (unpaired) electrons. The monoisotopic (exact) mass is 639 g/mol. The third-order valence-electron chi connectivity index (χ3n) is 8.55. The van der Waals surface area contributed by atoms with Crippen molar-refractivity contribution in [3.05, 3.63) is 48.6 Å². The molecule has 0 atom stereocenters. The Hall–Kier alpha value is -2.36. The number of allylic oxidation sites excluding steroid dienone is 4. The predicted octanol–water partition coefficient (Wildman–Crippen LogP) is 13.6. The minimum Gasteiger partial charge on any atom is -0.426 e. The van der Waals surface area contributed by atoms with Crippen LogP contribution in [-0.2, 0) is 9.59 Å². The van der Waals surface area contributed by atoms with Gasteiger partial charge in [-0.05, 0) is 76.3 Å². The molecular formula is C42H70O4. The molecule has 46 heavy (non-hydrogen) atoms. The van der Waals surface area contributed by atoms with Gasteiger partial charge in [0.1, 0.15) is 11.5 Å². The molecule has 0 N–H and O–H groups in total. The molecule has 4 nitrogen and oxygen atoms in total. The van der Waals surface area contributed by atoms with Crippen LogP contribution in [0.15, 0.2) is 48.6 Å². The quantitative estimate of drug-likeness (QED) is 0.0341. The molecule has 1 rings (SSSR count). The normalized spacial score (nSPS) is 11.5. The zero-order valence-electron chi connectivity index (χ0n) is 30.1. The van der Waals surface area contributed by atoms with Gasteiger partial charge in [0, 0.05) is 18.9 Å². The van der Waals surface area contributed by atoms with Gasteiger partial charge in [0.25, 0.3) is 0 Å². The average molecular weight is 639 g/mol. The summed E-state index contributed by atoms with van der Waals surface area (Å²) in [7, 11) is 0. The highest BCUT2D eigenvalue weighted by molar-refractivity contribution is 5.74. The van der Waals surface area contributed by atoms with Crippen LogP contribution in [-0.4, -0.2) is 11.9 Å². The van der Waals surface area contributed by atoms with E-state index in [1.807, 2.05) is 0 Å². The summed E-state index contributed by atoms with van der Waals surface area (Å²) in [5, 5.41) is 0. The standard InChI is InChI=1S/C42H70O4/c1-3-5-7-9-11-13-15-17-19-21-23-25-27-29-31-36-41(43)45-39-34-33-35-40(38-39)46-42(44)37-32-30-28-26-24-22-20-18-16-14-12-10-8-6-4-2/h17-20,33-35,38H,3-16,21-32,36-37H2,1-2H3. The van der Waals surface area contributed by atoms with E-state index in [2.05, 4.69) is 38.2 Å². The molecule has 4 heteroatoms. The van der Waals surface area contributed by atoms with E-state index in [1.165, 1.54) is 116 Å². The fraction of sp³-hybridized carbons (Fsp3) is 0.714. The Morgan fingerprint density at radius 3 is 1.11 bits per heavy atom. The van der Waals surface area contributed by atoms with Gasteiger partial charge in [0.05, 0.1) is 0 Å². The van der Waals surface area contributed by atoms with Gasteiger partial charge in [-0.3, -0.25) is 9.59 Å². The lowest BCUT2D eigenvalue weighted by Gasteiger charge is -2.08. The van der Waals surface area contributed by atoms with E-state index in [0.717, 1.165) is 51.4 Å². The van der Waals surface area contributed by atoms with E-state index in [4.69, 9.17) is 9.47 Å². The second-order valence-electron chi connectivity index (χ2n) is 13.1. The molecule has 0 aromatic heterocycles. The van der Waals surface area contributed by atoms with Crippen molar-refractivity contribution in [1.29, 1.82) is 0 Å². The molecular weight excluding hydrogens is 568 g/mol. The lowest BCUT2D eigenvalue weighted by Crippen LogP contribution is -2.09. The van der Waals surface area contributed by atoms with Crippen LogP contribution in [0.5, 0.6) is 11.5 Å². The Labute approximate surface area is 284 Å². The molecule has 262 valence electrons. The molecule has 1 aromatic carbocycles. The van der Waals surface area contributed by atoms with Crippen LogP contribution >= 0.6 is 0 Å². The molecule has 0 saturated carbocycles. The van der Waals surface area contributed by atoms with Gasteiger partial charge >= 0.3 is 11.9 Å². The van der Waals surface area contributed by atoms with Gasteiger partial charge in [-0.15, -0.1) is 0 Å². The summed E-state index contributed by atoms with van der Waals surface area (Å²) < 4.78 is 11.0. The molecule has 0 aliphatic carbocycles. The molecule has 0 spiro atoms. The van der Waals surface area contributed by atoms with Gasteiger partial charge in [-0.2, -0.15) is 0 Å². The Kier molecular flexibility index (Phi) is 29.5. The summed E-state index contributed by atoms with van der Waals surface area (Å²) in [6.07, 6.45) is 42.2. The van der Waals surface area contributed by atoms with Crippen molar-refractivity contribution in [2.24, 2.45) is 0 Å². The lowest BCUT2D eigenvalue weighted by atomic mass is 10.1. The summed E-state index contributed by atoms with van der Waals surface area (Å²) in [5.41, 5.74) is 0. The summed E-state index contributed by atoms with van der Waals surface area (Å²) in [5.74, 6) is 0.414. The zero-order valence-corrected chi connectivity index (χ0v) is 30.1. The number of unbranched alkanes of at least 4 members (excludes halogenated alkanes) is 22. The Balaban J connectivity index is 2.01. The van der Waals surface area contributed by atoms with Crippen LogP contribution in [0.3, 0.4) is 0 Å². The fourth-order valence-corrected chi connectivity index (χ4v) is 5.65. The number of hydrogen-bond acceptors (Lipinski definition) is 4. The van der Waals surface area contributed by atoms with Gasteiger partial charge in [-0.1, -0.05) is 147 Å². The second kappa shape index (κ2) is 32.6. The molecule has 0 bridgehead atoms. The molecule has 0 amide bonds. The third-order valence-corrected chi connectivity index (χ3v) is 8.55. The van der Waals surface area contributed by atoms with Crippen molar-refractivity contribution in [1.82, 2.24) is 0 Å². The van der Waals surface area contributed by atoms with Gasteiger partial charge < -0.3 is 9.47 Å². The van der Waals surface area contributed by atoms with Gasteiger partial charge in [-0.25, -0.2) is 0 Å². The summed E-state index contributed by atoms with van der Waals surface area (Å²) in [6, 6.07) is 6.86. The first-order valence-corrected chi connectivity index (χ1v) is 19.5. The van der Waals surface area contributed by atoms with Crippen molar-refractivity contribution >= 4 is 11.9 Å². The summed E-state index contributed by atoms with van der Waals surface area (Å²) in [6.45, 7) is 4.53. The van der Waals surface area contributed by atoms with Crippen molar-refractivity contribution in [2.75, 3.05) is 0 Å². The molecule has 0 unspecified atom stereocenters. The maximum Gasteiger partial charge on any atom is 0.311 e. The molecule has 1 aromatic rings. The number of carbonyl (C=O) groups is 2. The first-order valence-electron chi connectivity index (χ1n) is 19.5. The molecule has 0 heterocycles. The van der Waals surface area contributed by atoms with E-state index >= 15 is 0 Å². The largest absolute Gasteiger partial charge is 0.426 e. The molecule has 0 aliphatic heterocycles. The topological polar surface area (TPSA) is 52.6 Å². The third kappa shape index (κ3) is 27.9. The molecule has 0 saturated heterocycles. The van der Waals surface area contributed by atoms with Gasteiger partial charge in [0.2, 0.25) is 0 Å². The Bertz CT molecular complexity index is 833. The predicted molar refractivity (Wildman–Crippen MR) is 197 cm³/mol. The van der Waals surface area contributed by atoms with Crippen LogP contribution in [0.1, 0.15) is 194 Å². The van der Waals surface area contributed by atoms with Crippen molar-refractivity contribution in [2.45, 2.75) is 194 Å². The van der Waals surface area contributed by atoms with Crippen molar-refractivity contribution in [3.8, 4) is 11.5 Å². The number of rotatable bonds is 32.